The number of thiocarbonyl (C=S) groups is 1. The molecule has 0 unspecified atom stereocenters. The van der Waals surface area contributed by atoms with E-state index in [2.05, 4.69) is 0 Å². The molecular formula is C17H21N2O4S2+. The van der Waals surface area contributed by atoms with Crippen LogP contribution in [0.3, 0.4) is 0 Å². The van der Waals surface area contributed by atoms with Crippen LogP contribution in [0.5, 0.6) is 5.75 Å². The largest absolute Gasteiger partial charge is 0.496 e. The van der Waals surface area contributed by atoms with Crippen LogP contribution in [0.2, 0.25) is 0 Å². The topological polar surface area (TPSA) is 71.3 Å². The Morgan fingerprint density at radius 3 is 2.76 bits per heavy atom. The van der Waals surface area contributed by atoms with Crippen LogP contribution in [0, 0.1) is 0 Å². The maximum atomic E-state index is 12.5. The van der Waals surface area contributed by atoms with E-state index in [-0.39, 0.29) is 12.3 Å². The molecule has 134 valence electrons. The molecule has 1 fully saturated rings. The summed E-state index contributed by atoms with van der Waals surface area (Å²) in [6.07, 6.45) is 2.15. The number of hydrogen-bond acceptors (Lipinski definition) is 5. The number of aliphatic carboxylic acids is 1. The summed E-state index contributed by atoms with van der Waals surface area (Å²) in [7, 11) is 5.64. The van der Waals surface area contributed by atoms with E-state index in [0.717, 1.165) is 11.3 Å². The summed E-state index contributed by atoms with van der Waals surface area (Å²) in [6, 6.07) is 5.84. The fourth-order valence-corrected chi connectivity index (χ4v) is 3.66. The monoisotopic (exact) mass is 381 g/mol. The summed E-state index contributed by atoms with van der Waals surface area (Å²) in [5.74, 6) is -0.381. The quantitative estimate of drug-likeness (QED) is 0.551. The smallest absolute Gasteiger partial charge is 0.303 e. The second-order valence-corrected chi connectivity index (χ2v) is 7.46. The number of nitrogens with one attached hydrogen (secondary N) is 1. The van der Waals surface area contributed by atoms with E-state index in [1.54, 1.807) is 13.2 Å². The predicted molar refractivity (Wildman–Crippen MR) is 102 cm³/mol. The van der Waals surface area contributed by atoms with Crippen LogP contribution in [0.4, 0.5) is 5.69 Å². The summed E-state index contributed by atoms with van der Waals surface area (Å²) < 4.78 is 5.89. The highest BCUT2D eigenvalue weighted by atomic mass is 32.2. The van der Waals surface area contributed by atoms with Crippen molar-refractivity contribution in [3.05, 3.63) is 28.7 Å². The summed E-state index contributed by atoms with van der Waals surface area (Å²) >= 11 is 6.48. The van der Waals surface area contributed by atoms with Crippen LogP contribution in [0.1, 0.15) is 18.4 Å². The van der Waals surface area contributed by atoms with Crippen molar-refractivity contribution in [1.29, 1.82) is 0 Å². The van der Waals surface area contributed by atoms with Crippen molar-refractivity contribution in [2.24, 2.45) is 0 Å². The lowest BCUT2D eigenvalue weighted by molar-refractivity contribution is -0.786. The van der Waals surface area contributed by atoms with Crippen molar-refractivity contribution in [1.82, 2.24) is 4.90 Å². The summed E-state index contributed by atoms with van der Waals surface area (Å²) in [5, 5.41) is 8.72. The fraction of sp³-hybridized carbons (Fsp3) is 0.353. The van der Waals surface area contributed by atoms with E-state index >= 15 is 0 Å². The minimum absolute atomic E-state index is 0.0122. The number of hydrogen-bond donors (Lipinski definition) is 2. The van der Waals surface area contributed by atoms with Gasteiger partial charge in [0, 0.05) is 24.6 Å². The molecular weight excluding hydrogens is 360 g/mol. The molecule has 6 nitrogen and oxygen atoms in total. The third-order valence-corrected chi connectivity index (χ3v) is 5.12. The molecule has 25 heavy (non-hydrogen) atoms. The molecule has 1 aliphatic heterocycles. The summed E-state index contributed by atoms with van der Waals surface area (Å²) in [5.41, 5.74) is 1.88. The van der Waals surface area contributed by atoms with Gasteiger partial charge in [0.25, 0.3) is 5.91 Å². The molecule has 0 radical (unpaired) electrons. The predicted octanol–water partition coefficient (Wildman–Crippen LogP) is 1.54. The lowest BCUT2D eigenvalue weighted by atomic mass is 10.1. The van der Waals surface area contributed by atoms with Gasteiger partial charge in [0.05, 0.1) is 26.1 Å². The van der Waals surface area contributed by atoms with Crippen LogP contribution in [0.25, 0.3) is 6.08 Å². The van der Waals surface area contributed by atoms with Gasteiger partial charge in [-0.1, -0.05) is 24.0 Å². The zero-order valence-electron chi connectivity index (χ0n) is 14.4. The molecule has 2 N–H and O–H groups in total. The molecule has 1 aromatic carbocycles. The molecule has 1 heterocycles. The highest BCUT2D eigenvalue weighted by Crippen LogP contribution is 2.34. The van der Waals surface area contributed by atoms with Gasteiger partial charge >= 0.3 is 5.97 Å². The van der Waals surface area contributed by atoms with Gasteiger partial charge in [0.15, 0.2) is 0 Å². The lowest BCUT2D eigenvalue weighted by Gasteiger charge is -2.13. The van der Waals surface area contributed by atoms with Gasteiger partial charge in [-0.15, -0.1) is 0 Å². The average Bonchev–Trinajstić information content (AvgIpc) is 2.82. The van der Waals surface area contributed by atoms with Crippen molar-refractivity contribution < 1.29 is 24.3 Å². The Morgan fingerprint density at radius 2 is 2.16 bits per heavy atom. The van der Waals surface area contributed by atoms with Gasteiger partial charge in [0.2, 0.25) is 0 Å². The minimum Gasteiger partial charge on any atom is -0.496 e. The Morgan fingerprint density at radius 1 is 1.44 bits per heavy atom. The van der Waals surface area contributed by atoms with Gasteiger partial charge in [-0.2, -0.15) is 0 Å². The first kappa shape index (κ1) is 19.4. The second-order valence-electron chi connectivity index (χ2n) is 5.79. The van der Waals surface area contributed by atoms with Crippen molar-refractivity contribution in [3.8, 4) is 5.75 Å². The van der Waals surface area contributed by atoms with Gasteiger partial charge in [-0.25, -0.2) is 0 Å². The molecule has 8 heteroatoms. The number of ether oxygens (including phenoxy) is 1. The van der Waals surface area contributed by atoms with E-state index < -0.39 is 5.97 Å². The number of carboxylic acid groups (broad SMARTS) is 1. The Balaban J connectivity index is 2.20. The SMILES string of the molecule is COc1cc([NH+](C)C)ccc1/C=C1\SC(=S)N(CCCC(=O)O)C1=O. The van der Waals surface area contributed by atoms with E-state index in [9.17, 15) is 9.59 Å². The molecule has 0 aliphatic carbocycles. The van der Waals surface area contributed by atoms with E-state index in [1.165, 1.54) is 21.6 Å². The zero-order chi connectivity index (χ0) is 18.6. The number of carbonyl (C=O) groups excluding carboxylic acids is 1. The number of carbonyl (C=O) groups is 2. The van der Waals surface area contributed by atoms with Crippen LogP contribution >= 0.6 is 24.0 Å². The van der Waals surface area contributed by atoms with E-state index in [4.69, 9.17) is 22.1 Å². The first-order valence-corrected chi connectivity index (χ1v) is 9.01. The van der Waals surface area contributed by atoms with Crippen molar-refractivity contribution in [2.45, 2.75) is 12.8 Å². The molecule has 0 atom stereocenters. The Labute approximate surface area is 156 Å². The normalized spacial score (nSPS) is 16.2. The van der Waals surface area contributed by atoms with Crippen LogP contribution in [-0.2, 0) is 9.59 Å². The molecule has 0 bridgehead atoms. The first-order valence-electron chi connectivity index (χ1n) is 7.79. The molecule has 0 saturated carbocycles. The molecule has 1 saturated heterocycles. The highest BCUT2D eigenvalue weighted by Gasteiger charge is 2.31. The molecule has 2 rings (SSSR count). The number of methoxy groups -OCH3 is 1. The standard InChI is InChI=1S/C17H20N2O4S2/c1-18(2)12-7-6-11(13(10-12)23-3)9-14-16(22)19(17(24)25-14)8-4-5-15(20)21/h6-7,9-10H,4-5,8H2,1-3H3,(H,20,21)/p+1/b14-9-. The van der Waals surface area contributed by atoms with Crippen molar-refractivity contribution in [3.63, 3.8) is 0 Å². The third-order valence-electron chi connectivity index (χ3n) is 3.74. The summed E-state index contributed by atoms with van der Waals surface area (Å²) in [4.78, 5) is 26.3. The highest BCUT2D eigenvalue weighted by molar-refractivity contribution is 8.26. The zero-order valence-corrected chi connectivity index (χ0v) is 16.0. The number of amides is 1. The third kappa shape index (κ3) is 4.81. The average molecular weight is 381 g/mol. The Hall–Kier alpha value is -1.90. The Kier molecular flexibility index (Phi) is 6.57. The van der Waals surface area contributed by atoms with Crippen LogP contribution in [0.15, 0.2) is 23.1 Å². The maximum Gasteiger partial charge on any atom is 0.303 e. The molecule has 0 aromatic heterocycles. The molecule has 1 amide bonds. The molecule has 1 aliphatic rings. The molecule has 1 aromatic rings. The number of benzene rings is 1. The van der Waals surface area contributed by atoms with Crippen molar-refractivity contribution >= 4 is 51.9 Å². The van der Waals surface area contributed by atoms with Gasteiger partial charge < -0.3 is 14.7 Å². The van der Waals surface area contributed by atoms with Gasteiger partial charge in [0.1, 0.15) is 15.8 Å². The first-order chi connectivity index (χ1) is 11.8. The maximum absolute atomic E-state index is 12.5. The van der Waals surface area contributed by atoms with Crippen molar-refractivity contribution in [2.75, 3.05) is 27.7 Å². The number of rotatable bonds is 7. The number of quaternary nitrogens is 1. The second kappa shape index (κ2) is 8.46. The summed E-state index contributed by atoms with van der Waals surface area (Å²) in [6.45, 7) is 0.314. The fourth-order valence-electron chi connectivity index (χ4n) is 2.36. The van der Waals surface area contributed by atoms with E-state index in [0.29, 0.717) is 27.9 Å². The van der Waals surface area contributed by atoms with Gasteiger partial charge in [-0.3, -0.25) is 14.5 Å². The number of thioether (sulfide) groups is 1. The molecule has 0 spiro atoms. The number of carboxylic acids is 1. The van der Waals surface area contributed by atoms with Gasteiger partial charge in [-0.05, 0) is 24.6 Å². The van der Waals surface area contributed by atoms with Crippen LogP contribution in [-0.4, -0.2) is 54.0 Å². The lowest BCUT2D eigenvalue weighted by Crippen LogP contribution is -3.00. The minimum atomic E-state index is -0.881. The number of nitrogens with zero attached hydrogens (tertiary/aromatic N) is 1. The Bertz CT molecular complexity index is 731. The van der Waals surface area contributed by atoms with E-state index in [1.807, 2.05) is 32.3 Å². The van der Waals surface area contributed by atoms with Crippen LogP contribution < -0.4 is 9.64 Å².